The second-order valence-electron chi connectivity index (χ2n) is 4.46. The zero-order valence-corrected chi connectivity index (χ0v) is 11.1. The summed E-state index contributed by atoms with van der Waals surface area (Å²) in [5, 5.41) is 15.6. The number of aryl methyl sites for hydroxylation is 2. The van der Waals surface area contributed by atoms with Crippen molar-refractivity contribution in [3.63, 3.8) is 0 Å². The van der Waals surface area contributed by atoms with Crippen LogP contribution in [0.2, 0.25) is 0 Å². The van der Waals surface area contributed by atoms with Crippen LogP contribution in [0.5, 0.6) is 0 Å². The van der Waals surface area contributed by atoms with Gasteiger partial charge in [-0.05, 0) is 13.8 Å². The van der Waals surface area contributed by atoms with Crippen molar-refractivity contribution in [2.24, 2.45) is 7.05 Å². The van der Waals surface area contributed by atoms with Gasteiger partial charge in [0, 0.05) is 37.2 Å². The Kier molecular flexibility index (Phi) is 2.66. The largest absolute Gasteiger partial charge is 0.363 e. The number of nitrogens with one attached hydrogen (secondary N) is 1. The number of anilines is 1. The average Bonchev–Trinajstić information content (AvgIpc) is 2.95. The zero-order valence-electron chi connectivity index (χ0n) is 11.1. The number of hydrogen-bond donors (Lipinski definition) is 1. The molecule has 0 atom stereocenters. The molecule has 19 heavy (non-hydrogen) atoms. The Labute approximate surface area is 110 Å². The van der Waals surface area contributed by atoms with Gasteiger partial charge in [0.1, 0.15) is 6.33 Å². The molecule has 0 aromatic carbocycles. The highest BCUT2D eigenvalue weighted by Crippen LogP contribution is 2.15. The highest BCUT2D eigenvalue weighted by Gasteiger charge is 2.10. The molecule has 0 aliphatic rings. The molecule has 0 aliphatic heterocycles. The maximum atomic E-state index is 4.40. The van der Waals surface area contributed by atoms with Gasteiger partial charge in [0.05, 0.1) is 5.69 Å². The van der Waals surface area contributed by atoms with Crippen molar-refractivity contribution >= 4 is 11.5 Å². The van der Waals surface area contributed by atoms with Crippen molar-refractivity contribution in [3.05, 3.63) is 35.7 Å². The number of hydrogen-bond acceptors (Lipinski definition) is 5. The van der Waals surface area contributed by atoms with E-state index in [0.717, 1.165) is 22.9 Å². The molecule has 7 heteroatoms. The molecule has 0 spiro atoms. The molecule has 0 saturated heterocycles. The molecule has 3 rings (SSSR count). The van der Waals surface area contributed by atoms with Gasteiger partial charge in [0.25, 0.3) is 0 Å². The van der Waals surface area contributed by atoms with Crippen molar-refractivity contribution < 1.29 is 0 Å². The SMILES string of the molecule is Cc1nn(C)c(C)c1CNc1nccn2cnnc12. The molecule has 0 aliphatic carbocycles. The van der Waals surface area contributed by atoms with E-state index in [1.807, 2.05) is 29.3 Å². The number of aromatic nitrogens is 6. The van der Waals surface area contributed by atoms with Crippen molar-refractivity contribution in [2.75, 3.05) is 5.32 Å². The zero-order chi connectivity index (χ0) is 13.4. The predicted octanol–water partition coefficient (Wildman–Crippen LogP) is 1.09. The molecule has 3 aromatic heterocycles. The summed E-state index contributed by atoms with van der Waals surface area (Å²) in [5.74, 6) is 0.725. The first-order chi connectivity index (χ1) is 9.16. The van der Waals surface area contributed by atoms with E-state index in [2.05, 4.69) is 32.5 Å². The van der Waals surface area contributed by atoms with Crippen LogP contribution in [0.4, 0.5) is 5.82 Å². The van der Waals surface area contributed by atoms with Crippen LogP contribution in [0.25, 0.3) is 5.65 Å². The maximum Gasteiger partial charge on any atom is 0.203 e. The molecule has 0 amide bonds. The van der Waals surface area contributed by atoms with Crippen LogP contribution < -0.4 is 5.32 Å². The molecular formula is C12H15N7. The molecule has 0 bridgehead atoms. The van der Waals surface area contributed by atoms with Gasteiger partial charge in [0.15, 0.2) is 5.82 Å². The molecule has 0 unspecified atom stereocenters. The quantitative estimate of drug-likeness (QED) is 0.760. The van der Waals surface area contributed by atoms with E-state index in [1.165, 1.54) is 5.56 Å². The summed E-state index contributed by atoms with van der Waals surface area (Å²) in [6.45, 7) is 4.74. The molecule has 3 heterocycles. The molecule has 3 aromatic rings. The highest BCUT2D eigenvalue weighted by molar-refractivity contribution is 5.61. The summed E-state index contributed by atoms with van der Waals surface area (Å²) in [5.41, 5.74) is 4.09. The molecule has 1 N–H and O–H groups in total. The van der Waals surface area contributed by atoms with Crippen LogP contribution in [0.15, 0.2) is 18.7 Å². The topological polar surface area (TPSA) is 72.9 Å². The van der Waals surface area contributed by atoms with Gasteiger partial charge >= 0.3 is 0 Å². The first-order valence-electron chi connectivity index (χ1n) is 6.04. The lowest BCUT2D eigenvalue weighted by Gasteiger charge is -2.06. The third kappa shape index (κ3) is 1.92. The van der Waals surface area contributed by atoms with Crippen LogP contribution in [0.1, 0.15) is 17.0 Å². The van der Waals surface area contributed by atoms with E-state index >= 15 is 0 Å². The van der Waals surface area contributed by atoms with E-state index in [9.17, 15) is 0 Å². The number of nitrogens with zero attached hydrogens (tertiary/aromatic N) is 6. The number of fused-ring (bicyclic) bond motifs is 1. The summed E-state index contributed by atoms with van der Waals surface area (Å²) < 4.78 is 3.72. The van der Waals surface area contributed by atoms with Gasteiger partial charge in [-0.1, -0.05) is 0 Å². The Morgan fingerprint density at radius 1 is 1.32 bits per heavy atom. The van der Waals surface area contributed by atoms with Gasteiger partial charge in [0.2, 0.25) is 5.65 Å². The second kappa shape index (κ2) is 4.34. The molecule has 0 radical (unpaired) electrons. The smallest absolute Gasteiger partial charge is 0.203 e. The lowest BCUT2D eigenvalue weighted by Crippen LogP contribution is -2.05. The van der Waals surface area contributed by atoms with Crippen LogP contribution in [-0.2, 0) is 13.6 Å². The highest BCUT2D eigenvalue weighted by atomic mass is 15.3. The Balaban J connectivity index is 1.88. The normalized spacial score (nSPS) is 11.1. The molecule has 7 nitrogen and oxygen atoms in total. The molecule has 0 saturated carbocycles. The molecular weight excluding hydrogens is 242 g/mol. The fraction of sp³-hybridized carbons (Fsp3) is 0.333. The summed E-state index contributed by atoms with van der Waals surface area (Å²) in [4.78, 5) is 4.30. The van der Waals surface area contributed by atoms with Crippen LogP contribution in [0.3, 0.4) is 0 Å². The summed E-state index contributed by atoms with van der Waals surface area (Å²) >= 11 is 0. The van der Waals surface area contributed by atoms with Gasteiger partial charge in [-0.3, -0.25) is 9.08 Å². The second-order valence-corrected chi connectivity index (χ2v) is 4.46. The fourth-order valence-corrected chi connectivity index (χ4v) is 2.13. The lowest BCUT2D eigenvalue weighted by atomic mass is 10.2. The number of rotatable bonds is 3. The standard InChI is InChI=1S/C12H15N7/c1-8-10(9(2)18(3)17-8)6-14-11-12-16-15-7-19(12)5-4-13-11/h4-5,7H,6H2,1-3H3,(H,13,14). The summed E-state index contributed by atoms with van der Waals surface area (Å²) in [7, 11) is 1.95. The minimum atomic E-state index is 0.672. The summed E-state index contributed by atoms with van der Waals surface area (Å²) in [6, 6.07) is 0. The Morgan fingerprint density at radius 3 is 2.89 bits per heavy atom. The predicted molar refractivity (Wildman–Crippen MR) is 70.8 cm³/mol. The van der Waals surface area contributed by atoms with Gasteiger partial charge in [-0.25, -0.2) is 4.98 Å². The third-order valence-electron chi connectivity index (χ3n) is 3.31. The maximum absolute atomic E-state index is 4.40. The van der Waals surface area contributed by atoms with Crippen LogP contribution >= 0.6 is 0 Å². The Hall–Kier alpha value is -2.44. The van der Waals surface area contributed by atoms with Crippen molar-refractivity contribution in [1.82, 2.24) is 29.4 Å². The fourth-order valence-electron chi connectivity index (χ4n) is 2.13. The van der Waals surface area contributed by atoms with Crippen molar-refractivity contribution in [1.29, 1.82) is 0 Å². The van der Waals surface area contributed by atoms with Crippen LogP contribution in [0, 0.1) is 13.8 Å². The van der Waals surface area contributed by atoms with E-state index < -0.39 is 0 Å². The van der Waals surface area contributed by atoms with E-state index in [1.54, 1.807) is 12.5 Å². The first-order valence-corrected chi connectivity index (χ1v) is 6.04. The van der Waals surface area contributed by atoms with Gasteiger partial charge in [-0.2, -0.15) is 5.10 Å². The van der Waals surface area contributed by atoms with Crippen molar-refractivity contribution in [2.45, 2.75) is 20.4 Å². The van der Waals surface area contributed by atoms with E-state index in [0.29, 0.717) is 6.54 Å². The first kappa shape index (κ1) is 11.6. The van der Waals surface area contributed by atoms with E-state index in [-0.39, 0.29) is 0 Å². The molecule has 0 fully saturated rings. The molecule has 98 valence electrons. The van der Waals surface area contributed by atoms with Crippen LogP contribution in [-0.4, -0.2) is 29.4 Å². The van der Waals surface area contributed by atoms with Gasteiger partial charge < -0.3 is 5.32 Å². The van der Waals surface area contributed by atoms with Gasteiger partial charge in [-0.15, -0.1) is 10.2 Å². The third-order valence-corrected chi connectivity index (χ3v) is 3.31. The monoisotopic (exact) mass is 257 g/mol. The van der Waals surface area contributed by atoms with E-state index in [4.69, 9.17) is 0 Å². The average molecular weight is 257 g/mol. The van der Waals surface area contributed by atoms with Crippen molar-refractivity contribution in [3.8, 4) is 0 Å². The Bertz CT molecular complexity index is 725. The lowest BCUT2D eigenvalue weighted by molar-refractivity contribution is 0.730. The summed E-state index contributed by atoms with van der Waals surface area (Å²) in [6.07, 6.45) is 5.20. The minimum Gasteiger partial charge on any atom is -0.363 e. The minimum absolute atomic E-state index is 0.672. The Morgan fingerprint density at radius 2 is 2.16 bits per heavy atom.